The van der Waals surface area contributed by atoms with Crippen LogP contribution in [0.2, 0.25) is 0 Å². The third kappa shape index (κ3) is 68.5. The molecule has 0 amide bonds. The molecule has 0 fully saturated rings. The van der Waals surface area contributed by atoms with E-state index in [4.69, 9.17) is 14.2 Å². The molecule has 0 aliphatic rings. The highest BCUT2D eigenvalue weighted by Gasteiger charge is 2.19. The van der Waals surface area contributed by atoms with E-state index in [9.17, 15) is 14.4 Å². The van der Waals surface area contributed by atoms with Crippen LogP contribution >= 0.6 is 0 Å². The van der Waals surface area contributed by atoms with Crippen LogP contribution in [-0.2, 0) is 28.6 Å². The molecule has 0 heterocycles. The molecule has 0 aliphatic carbocycles. The van der Waals surface area contributed by atoms with Crippen LogP contribution in [0.5, 0.6) is 0 Å². The fourth-order valence-electron chi connectivity index (χ4n) is 9.68. The maximum Gasteiger partial charge on any atom is 0.306 e. The number of carbonyl (C=O) groups is 3. The number of carbonyl (C=O) groups excluding carboxylic acids is 3. The van der Waals surface area contributed by atoms with E-state index in [-0.39, 0.29) is 31.1 Å². The number of ether oxygens (including phenoxy) is 3. The van der Waals surface area contributed by atoms with E-state index < -0.39 is 6.10 Å². The summed E-state index contributed by atoms with van der Waals surface area (Å²) in [6.07, 6.45) is 97.8. The fraction of sp³-hybridized carbons (Fsp3) is 0.701. The van der Waals surface area contributed by atoms with E-state index in [1.807, 2.05) is 0 Å². The van der Waals surface area contributed by atoms with E-state index in [1.54, 1.807) is 0 Å². The van der Waals surface area contributed by atoms with Gasteiger partial charge in [-0.25, -0.2) is 0 Å². The maximum atomic E-state index is 13.0. The number of esters is 3. The topological polar surface area (TPSA) is 78.9 Å². The van der Waals surface area contributed by atoms with Crippen LogP contribution in [0, 0.1) is 0 Å². The molecule has 0 aromatic heterocycles. The van der Waals surface area contributed by atoms with Crippen LogP contribution in [0.1, 0.15) is 329 Å². The van der Waals surface area contributed by atoms with Crippen molar-refractivity contribution in [2.24, 2.45) is 0 Å². The van der Waals surface area contributed by atoms with Gasteiger partial charge in [0.25, 0.3) is 0 Å². The van der Waals surface area contributed by atoms with Crippen molar-refractivity contribution in [2.75, 3.05) is 13.2 Å². The molecule has 1 unspecified atom stereocenters. The predicted molar refractivity (Wildman–Crippen MR) is 362 cm³/mol. The van der Waals surface area contributed by atoms with E-state index in [1.165, 1.54) is 161 Å². The summed E-state index contributed by atoms with van der Waals surface area (Å²) in [5.74, 6) is -0.917. The molecule has 0 saturated carbocycles. The second kappa shape index (κ2) is 70.3. The Morgan fingerprint density at radius 1 is 0.253 bits per heavy atom. The van der Waals surface area contributed by atoms with Crippen molar-refractivity contribution in [1.29, 1.82) is 0 Å². The average molecular weight is 1150 g/mol. The summed E-state index contributed by atoms with van der Waals surface area (Å²) in [5, 5.41) is 0. The smallest absolute Gasteiger partial charge is 0.306 e. The van der Waals surface area contributed by atoms with Gasteiger partial charge >= 0.3 is 17.9 Å². The Balaban J connectivity index is 4.47. The van der Waals surface area contributed by atoms with Crippen molar-refractivity contribution < 1.29 is 28.6 Å². The van der Waals surface area contributed by atoms with Gasteiger partial charge in [-0.05, 0) is 135 Å². The second-order valence-corrected chi connectivity index (χ2v) is 23.1. The quantitative estimate of drug-likeness (QED) is 0.0261. The van der Waals surface area contributed by atoms with Gasteiger partial charge in [-0.3, -0.25) is 14.4 Å². The van der Waals surface area contributed by atoms with Gasteiger partial charge in [-0.2, -0.15) is 0 Å². The molecule has 83 heavy (non-hydrogen) atoms. The number of allylic oxidation sites excluding steroid dienone is 20. The molecule has 0 aliphatic heterocycles. The lowest BCUT2D eigenvalue weighted by Gasteiger charge is -2.18. The molecule has 0 radical (unpaired) electrons. The summed E-state index contributed by atoms with van der Waals surface area (Å²) in [5.41, 5.74) is 0. The van der Waals surface area contributed by atoms with Crippen LogP contribution in [0.4, 0.5) is 0 Å². The molecule has 0 N–H and O–H groups in total. The van der Waals surface area contributed by atoms with Crippen LogP contribution < -0.4 is 0 Å². The molecule has 0 bridgehead atoms. The first-order valence-electron chi connectivity index (χ1n) is 35.0. The lowest BCUT2D eigenvalue weighted by atomic mass is 10.1. The Kier molecular flexibility index (Phi) is 66.7. The standard InChI is InChI=1S/C77H130O6/c1-4-7-10-13-16-19-22-25-28-31-34-36-38-40-43-46-49-52-55-58-61-64-67-70-76(79)82-73-74(72-81-75(78)69-66-63-60-57-54-51-48-45-42-33-30-27-24-21-18-15-12-9-6-3)83-77(80)71-68-65-62-59-56-53-50-47-44-41-39-37-35-32-29-26-23-20-17-14-11-8-5-2/h7,10,16,19,23,25-28,30,32,34-36,39-41,43,49,52,74H,4-6,8-9,11-15,17-18,20-22,24,29,31,33,37-38,42,44-48,50-51,53-73H2,1-3H3/b10-7-,19-16-,26-23-,28-25-,30-27-,35-32-,36-34-,41-39-,43-40-,52-49-. The summed E-state index contributed by atoms with van der Waals surface area (Å²) < 4.78 is 17.0. The van der Waals surface area contributed by atoms with Crippen LogP contribution in [0.15, 0.2) is 122 Å². The van der Waals surface area contributed by atoms with Gasteiger partial charge in [0.1, 0.15) is 13.2 Å². The van der Waals surface area contributed by atoms with Crippen molar-refractivity contribution in [3.63, 3.8) is 0 Å². The zero-order valence-electron chi connectivity index (χ0n) is 54.4. The van der Waals surface area contributed by atoms with Gasteiger partial charge in [0.15, 0.2) is 6.10 Å². The van der Waals surface area contributed by atoms with E-state index in [0.717, 1.165) is 128 Å². The minimum absolute atomic E-state index is 0.0918. The highest BCUT2D eigenvalue weighted by Crippen LogP contribution is 2.16. The largest absolute Gasteiger partial charge is 0.462 e. The number of rotatable bonds is 63. The summed E-state index contributed by atoms with van der Waals surface area (Å²) in [6.45, 7) is 6.51. The fourth-order valence-corrected chi connectivity index (χ4v) is 9.68. The molecule has 0 spiro atoms. The number of hydrogen-bond donors (Lipinski definition) is 0. The van der Waals surface area contributed by atoms with Gasteiger partial charge in [-0.15, -0.1) is 0 Å². The highest BCUT2D eigenvalue weighted by atomic mass is 16.6. The summed E-state index contributed by atoms with van der Waals surface area (Å²) >= 11 is 0. The lowest BCUT2D eigenvalue weighted by molar-refractivity contribution is -0.167. The Morgan fingerprint density at radius 2 is 0.470 bits per heavy atom. The van der Waals surface area contributed by atoms with Crippen LogP contribution in [0.25, 0.3) is 0 Å². The molecule has 6 heteroatoms. The Hall–Kier alpha value is -4.19. The summed E-state index contributed by atoms with van der Waals surface area (Å²) in [4.78, 5) is 38.5. The molecule has 0 aromatic carbocycles. The van der Waals surface area contributed by atoms with E-state index in [0.29, 0.717) is 19.3 Å². The minimum atomic E-state index is -0.800. The molecule has 474 valence electrons. The summed E-state index contributed by atoms with van der Waals surface area (Å²) in [6, 6.07) is 0. The first-order chi connectivity index (χ1) is 41.0. The molecular formula is C77H130O6. The third-order valence-electron chi connectivity index (χ3n) is 14.9. The van der Waals surface area contributed by atoms with Crippen molar-refractivity contribution >= 4 is 17.9 Å². The number of hydrogen-bond acceptors (Lipinski definition) is 6. The van der Waals surface area contributed by atoms with Crippen LogP contribution in [-0.4, -0.2) is 37.2 Å². The Bertz CT molecular complexity index is 1700. The van der Waals surface area contributed by atoms with Gasteiger partial charge in [0.2, 0.25) is 0 Å². The first-order valence-corrected chi connectivity index (χ1v) is 35.0. The SMILES string of the molecule is CC/C=C\C/C=C\C/C=C\C/C=C\C/C=C\C/C=C\CCCCCCC(=O)OCC(COC(=O)CCCCCCCCCCC/C=C\CCCCCCCC)OC(=O)CCCCCCCCCC/C=C\C/C=C\C/C=C\CCCCCCC. The molecule has 0 rings (SSSR count). The predicted octanol–water partition coefficient (Wildman–Crippen LogP) is 24.3. The van der Waals surface area contributed by atoms with Crippen LogP contribution in [0.3, 0.4) is 0 Å². The zero-order chi connectivity index (χ0) is 59.9. The van der Waals surface area contributed by atoms with E-state index >= 15 is 0 Å². The second-order valence-electron chi connectivity index (χ2n) is 23.1. The van der Waals surface area contributed by atoms with Gasteiger partial charge in [-0.1, -0.05) is 296 Å². The van der Waals surface area contributed by atoms with Crippen molar-refractivity contribution in [3.05, 3.63) is 122 Å². The Labute approximate surface area is 513 Å². The van der Waals surface area contributed by atoms with Crippen molar-refractivity contribution in [3.8, 4) is 0 Å². The number of unbranched alkanes of at least 4 members (excludes halogenated alkanes) is 32. The summed E-state index contributed by atoms with van der Waals surface area (Å²) in [7, 11) is 0. The zero-order valence-corrected chi connectivity index (χ0v) is 54.4. The van der Waals surface area contributed by atoms with E-state index in [2.05, 4.69) is 142 Å². The van der Waals surface area contributed by atoms with Gasteiger partial charge in [0, 0.05) is 19.3 Å². The first kappa shape index (κ1) is 78.8. The highest BCUT2D eigenvalue weighted by molar-refractivity contribution is 5.71. The maximum absolute atomic E-state index is 13.0. The molecule has 6 nitrogen and oxygen atoms in total. The minimum Gasteiger partial charge on any atom is -0.462 e. The average Bonchev–Trinajstić information content (AvgIpc) is 3.49. The third-order valence-corrected chi connectivity index (χ3v) is 14.9. The Morgan fingerprint density at radius 3 is 0.747 bits per heavy atom. The molecule has 0 aromatic rings. The monoisotopic (exact) mass is 1150 g/mol. The normalized spacial score (nSPS) is 12.9. The molecular weight excluding hydrogens is 1020 g/mol. The van der Waals surface area contributed by atoms with Crippen molar-refractivity contribution in [2.45, 2.75) is 335 Å². The van der Waals surface area contributed by atoms with Crippen molar-refractivity contribution in [1.82, 2.24) is 0 Å². The molecule has 1 atom stereocenters. The molecule has 0 saturated heterocycles. The van der Waals surface area contributed by atoms with Gasteiger partial charge in [0.05, 0.1) is 0 Å². The lowest BCUT2D eigenvalue weighted by Crippen LogP contribution is -2.30. The van der Waals surface area contributed by atoms with Gasteiger partial charge < -0.3 is 14.2 Å².